The Hall–Kier alpha value is -1.81. The zero-order chi connectivity index (χ0) is 15.7. The lowest BCUT2D eigenvalue weighted by atomic mass is 9.82. The van der Waals surface area contributed by atoms with Gasteiger partial charge in [0.2, 0.25) is 0 Å². The Labute approximate surface area is 134 Å². The molecule has 5 heteroatoms. The molecular weight excluding hydrogens is 302 g/mol. The number of carbonyl (C=O) groups is 1. The third-order valence-corrected chi connectivity index (χ3v) is 4.75. The summed E-state index contributed by atoms with van der Waals surface area (Å²) in [6.07, 6.45) is 2.89. The van der Waals surface area contributed by atoms with E-state index in [9.17, 15) is 4.79 Å². The molecular formula is C17H18ClNO3. The van der Waals surface area contributed by atoms with Crippen molar-refractivity contribution in [3.8, 4) is 11.3 Å². The van der Waals surface area contributed by atoms with Crippen LogP contribution in [0.4, 0.5) is 0 Å². The van der Waals surface area contributed by atoms with Gasteiger partial charge < -0.3 is 9.26 Å². The summed E-state index contributed by atoms with van der Waals surface area (Å²) in [7, 11) is 1.44. The summed E-state index contributed by atoms with van der Waals surface area (Å²) >= 11 is 5.94. The Balaban J connectivity index is 1.91. The standard InChI is InChI=1S/C17H18ClNO3/c1-17(16(20)21-2)9-7-13-14(8-10-17)22-19-15(13)11-3-5-12(18)6-4-11/h3-6H,7-10H2,1-2H3. The fourth-order valence-electron chi connectivity index (χ4n) is 3.00. The van der Waals surface area contributed by atoms with Gasteiger partial charge in [-0.15, -0.1) is 0 Å². The summed E-state index contributed by atoms with van der Waals surface area (Å²) in [4.78, 5) is 12.0. The maximum atomic E-state index is 12.0. The molecule has 1 aliphatic rings. The van der Waals surface area contributed by atoms with E-state index in [0.29, 0.717) is 17.9 Å². The molecule has 1 aromatic carbocycles. The van der Waals surface area contributed by atoms with Crippen molar-refractivity contribution in [2.75, 3.05) is 7.11 Å². The third-order valence-electron chi connectivity index (χ3n) is 4.50. The van der Waals surface area contributed by atoms with Crippen LogP contribution in [0.3, 0.4) is 0 Å². The molecule has 0 saturated carbocycles. The normalized spacial score (nSPS) is 21.0. The Kier molecular flexibility index (Phi) is 3.96. The minimum absolute atomic E-state index is 0.154. The molecule has 0 bridgehead atoms. The summed E-state index contributed by atoms with van der Waals surface area (Å²) in [5.74, 6) is 0.719. The first-order chi connectivity index (χ1) is 10.5. The van der Waals surface area contributed by atoms with Gasteiger partial charge in [0.15, 0.2) is 0 Å². The minimum atomic E-state index is -0.465. The average Bonchev–Trinajstić information content (AvgIpc) is 2.86. The number of aryl methyl sites for hydroxylation is 1. The molecule has 0 fully saturated rings. The molecule has 1 unspecified atom stereocenters. The second-order valence-corrected chi connectivity index (χ2v) is 6.43. The molecule has 1 aromatic heterocycles. The van der Waals surface area contributed by atoms with Crippen molar-refractivity contribution in [2.45, 2.75) is 32.6 Å². The van der Waals surface area contributed by atoms with Crippen LogP contribution in [0.2, 0.25) is 5.02 Å². The van der Waals surface area contributed by atoms with Crippen LogP contribution >= 0.6 is 11.6 Å². The van der Waals surface area contributed by atoms with Crippen LogP contribution in [-0.4, -0.2) is 18.2 Å². The van der Waals surface area contributed by atoms with Crippen molar-refractivity contribution in [3.63, 3.8) is 0 Å². The summed E-state index contributed by atoms with van der Waals surface area (Å²) in [5, 5.41) is 4.91. The van der Waals surface area contributed by atoms with E-state index in [4.69, 9.17) is 20.9 Å². The van der Waals surface area contributed by atoms with E-state index in [0.717, 1.165) is 35.4 Å². The molecule has 0 spiro atoms. The Bertz CT molecular complexity index is 692. The van der Waals surface area contributed by atoms with Crippen LogP contribution in [0.15, 0.2) is 28.8 Å². The number of methoxy groups -OCH3 is 1. The van der Waals surface area contributed by atoms with E-state index in [1.54, 1.807) is 0 Å². The minimum Gasteiger partial charge on any atom is -0.469 e. The first-order valence-corrected chi connectivity index (χ1v) is 7.73. The molecule has 3 rings (SSSR count). The molecule has 4 nitrogen and oxygen atoms in total. The van der Waals surface area contributed by atoms with Crippen LogP contribution in [0.25, 0.3) is 11.3 Å². The number of rotatable bonds is 2. The van der Waals surface area contributed by atoms with Gasteiger partial charge in [0, 0.05) is 22.6 Å². The monoisotopic (exact) mass is 319 g/mol. The average molecular weight is 320 g/mol. The molecule has 116 valence electrons. The van der Waals surface area contributed by atoms with Crippen LogP contribution < -0.4 is 0 Å². The maximum Gasteiger partial charge on any atom is 0.311 e. The van der Waals surface area contributed by atoms with Crippen LogP contribution in [0, 0.1) is 5.41 Å². The summed E-state index contributed by atoms with van der Waals surface area (Å²) < 4.78 is 10.5. The molecule has 22 heavy (non-hydrogen) atoms. The number of halogens is 1. The highest BCUT2D eigenvalue weighted by molar-refractivity contribution is 6.30. The number of fused-ring (bicyclic) bond motifs is 1. The van der Waals surface area contributed by atoms with Crippen LogP contribution in [0.5, 0.6) is 0 Å². The Morgan fingerprint density at radius 3 is 2.64 bits per heavy atom. The second kappa shape index (κ2) is 5.76. The Morgan fingerprint density at radius 1 is 1.27 bits per heavy atom. The first-order valence-electron chi connectivity index (χ1n) is 7.35. The van der Waals surface area contributed by atoms with E-state index in [2.05, 4.69) is 5.16 Å². The van der Waals surface area contributed by atoms with Crippen LogP contribution in [-0.2, 0) is 22.4 Å². The van der Waals surface area contributed by atoms with E-state index in [1.807, 2.05) is 31.2 Å². The lowest BCUT2D eigenvalue weighted by Gasteiger charge is -2.24. The number of carbonyl (C=O) groups excluding carboxylic acids is 1. The summed E-state index contributed by atoms with van der Waals surface area (Å²) in [6.45, 7) is 1.96. The summed E-state index contributed by atoms with van der Waals surface area (Å²) in [5.41, 5.74) is 2.46. The predicted octanol–water partition coefficient (Wildman–Crippen LogP) is 4.05. The van der Waals surface area contributed by atoms with Gasteiger partial charge in [0.1, 0.15) is 11.5 Å². The molecule has 0 N–H and O–H groups in total. The predicted molar refractivity (Wildman–Crippen MR) is 83.7 cm³/mol. The molecule has 1 atom stereocenters. The van der Waals surface area contributed by atoms with Gasteiger partial charge in [-0.1, -0.05) is 28.9 Å². The highest BCUT2D eigenvalue weighted by Gasteiger charge is 2.37. The third kappa shape index (κ3) is 2.63. The molecule has 0 saturated heterocycles. The highest BCUT2D eigenvalue weighted by atomic mass is 35.5. The number of aromatic nitrogens is 1. The van der Waals surface area contributed by atoms with Gasteiger partial charge >= 0.3 is 5.97 Å². The highest BCUT2D eigenvalue weighted by Crippen LogP contribution is 2.38. The molecule has 1 heterocycles. The van der Waals surface area contributed by atoms with E-state index in [1.165, 1.54) is 7.11 Å². The lowest BCUT2D eigenvalue weighted by molar-refractivity contribution is -0.152. The van der Waals surface area contributed by atoms with Gasteiger partial charge in [-0.25, -0.2) is 0 Å². The summed E-state index contributed by atoms with van der Waals surface area (Å²) in [6, 6.07) is 7.55. The fourth-order valence-corrected chi connectivity index (χ4v) is 3.12. The van der Waals surface area contributed by atoms with E-state index >= 15 is 0 Å². The number of hydrogen-bond acceptors (Lipinski definition) is 4. The number of benzene rings is 1. The zero-order valence-corrected chi connectivity index (χ0v) is 13.4. The molecule has 0 radical (unpaired) electrons. The smallest absolute Gasteiger partial charge is 0.311 e. The van der Waals surface area contributed by atoms with E-state index < -0.39 is 5.41 Å². The van der Waals surface area contributed by atoms with Crippen LogP contribution in [0.1, 0.15) is 31.1 Å². The number of hydrogen-bond donors (Lipinski definition) is 0. The van der Waals surface area contributed by atoms with Crippen molar-refractivity contribution in [1.29, 1.82) is 0 Å². The lowest BCUT2D eigenvalue weighted by Crippen LogP contribution is -2.29. The van der Waals surface area contributed by atoms with Gasteiger partial charge in [-0.05, 0) is 38.3 Å². The SMILES string of the molecule is COC(=O)C1(C)CCc2onc(-c3ccc(Cl)cc3)c2CC1. The number of esters is 1. The van der Waals surface area contributed by atoms with Crippen molar-refractivity contribution < 1.29 is 14.1 Å². The molecule has 0 aliphatic heterocycles. The van der Waals surface area contributed by atoms with Crippen molar-refractivity contribution in [1.82, 2.24) is 5.16 Å². The topological polar surface area (TPSA) is 52.3 Å². The zero-order valence-electron chi connectivity index (χ0n) is 12.7. The molecule has 1 aliphatic carbocycles. The van der Waals surface area contributed by atoms with Gasteiger partial charge in [-0.2, -0.15) is 0 Å². The fraction of sp³-hybridized carbons (Fsp3) is 0.412. The number of ether oxygens (including phenoxy) is 1. The molecule has 0 amide bonds. The largest absolute Gasteiger partial charge is 0.469 e. The van der Waals surface area contributed by atoms with Gasteiger partial charge in [0.05, 0.1) is 12.5 Å². The van der Waals surface area contributed by atoms with Gasteiger partial charge in [0.25, 0.3) is 0 Å². The Morgan fingerprint density at radius 2 is 1.95 bits per heavy atom. The quantitative estimate of drug-likeness (QED) is 0.619. The van der Waals surface area contributed by atoms with E-state index in [-0.39, 0.29) is 5.97 Å². The second-order valence-electron chi connectivity index (χ2n) is 5.99. The molecule has 2 aromatic rings. The first kappa shape index (κ1) is 15.1. The van der Waals surface area contributed by atoms with Crippen molar-refractivity contribution >= 4 is 17.6 Å². The van der Waals surface area contributed by atoms with Crippen molar-refractivity contribution in [3.05, 3.63) is 40.6 Å². The maximum absolute atomic E-state index is 12.0. The van der Waals surface area contributed by atoms with Gasteiger partial charge in [-0.3, -0.25) is 4.79 Å². The number of nitrogens with zero attached hydrogens (tertiary/aromatic N) is 1. The van der Waals surface area contributed by atoms with Crippen molar-refractivity contribution in [2.24, 2.45) is 5.41 Å².